The van der Waals surface area contributed by atoms with Gasteiger partial charge in [0.1, 0.15) is 21.5 Å². The normalized spacial score (nSPS) is 19.5. The van der Waals surface area contributed by atoms with Crippen LogP contribution in [-0.2, 0) is 4.74 Å². The molecule has 108 valence electrons. The molecule has 20 heavy (non-hydrogen) atoms. The molecule has 1 aliphatic rings. The van der Waals surface area contributed by atoms with Gasteiger partial charge in [-0.1, -0.05) is 0 Å². The molecule has 2 rings (SSSR count). The average molecular weight is 295 g/mol. The number of carbonyl (C=O) groups excluding carboxylic acids is 1. The number of primary amides is 1. The van der Waals surface area contributed by atoms with Crippen LogP contribution in [0.5, 0.6) is 0 Å². The monoisotopic (exact) mass is 295 g/mol. The van der Waals surface area contributed by atoms with Gasteiger partial charge in [-0.05, 0) is 7.05 Å². The highest BCUT2D eigenvalue weighted by Gasteiger charge is 2.21. The van der Waals surface area contributed by atoms with Crippen LogP contribution in [0, 0.1) is 11.3 Å². The first kappa shape index (κ1) is 14.6. The van der Waals surface area contributed by atoms with E-state index in [0.29, 0.717) is 18.2 Å². The number of carbonyl (C=O) groups is 1. The van der Waals surface area contributed by atoms with E-state index in [1.807, 2.05) is 13.1 Å². The van der Waals surface area contributed by atoms with Crippen LogP contribution in [0.15, 0.2) is 0 Å². The maximum atomic E-state index is 11.2. The Hall–Kier alpha value is -1.82. The van der Waals surface area contributed by atoms with Crippen molar-refractivity contribution >= 4 is 27.9 Å². The average Bonchev–Trinajstić information content (AvgIpc) is 2.73. The smallest absolute Gasteiger partial charge is 0.261 e. The molecular weight excluding hydrogens is 278 g/mol. The number of hydrogen-bond acceptors (Lipinski definition) is 7. The van der Waals surface area contributed by atoms with Crippen LogP contribution in [0.1, 0.15) is 15.2 Å². The number of likely N-dealkylation sites (N-methyl/N-ethyl adjacent to an activating group) is 1. The lowest BCUT2D eigenvalue weighted by molar-refractivity contribution is -0.0116. The van der Waals surface area contributed by atoms with E-state index in [1.165, 1.54) is 0 Å². The molecule has 1 amide bonds. The van der Waals surface area contributed by atoms with E-state index < -0.39 is 5.91 Å². The molecule has 1 fully saturated rings. The summed E-state index contributed by atoms with van der Waals surface area (Å²) in [5.41, 5.74) is 11.4. The maximum absolute atomic E-state index is 11.2. The van der Waals surface area contributed by atoms with Gasteiger partial charge in [-0.15, -0.1) is 11.3 Å². The third-order valence-corrected chi connectivity index (χ3v) is 4.29. The molecule has 1 aromatic heterocycles. The maximum Gasteiger partial charge on any atom is 0.261 e. The third kappa shape index (κ3) is 3.01. The molecule has 0 radical (unpaired) electrons. The summed E-state index contributed by atoms with van der Waals surface area (Å²) in [4.78, 5) is 13.6. The van der Waals surface area contributed by atoms with Crippen molar-refractivity contribution in [2.45, 2.75) is 6.10 Å². The Morgan fingerprint density at radius 3 is 3.05 bits per heavy atom. The van der Waals surface area contributed by atoms with Crippen LogP contribution in [-0.4, -0.2) is 50.2 Å². The van der Waals surface area contributed by atoms with Crippen molar-refractivity contribution < 1.29 is 9.53 Å². The number of nitrogens with one attached hydrogen (secondary N) is 1. The van der Waals surface area contributed by atoms with E-state index in [1.54, 1.807) is 0 Å². The molecule has 1 atom stereocenters. The predicted octanol–water partition coefficient (Wildman–Crippen LogP) is 0.0434. The van der Waals surface area contributed by atoms with Crippen molar-refractivity contribution in [3.8, 4) is 6.07 Å². The Bertz CT molecular complexity index is 551. The first-order valence-corrected chi connectivity index (χ1v) is 7.00. The van der Waals surface area contributed by atoms with Crippen molar-refractivity contribution in [1.82, 2.24) is 4.90 Å². The summed E-state index contributed by atoms with van der Waals surface area (Å²) >= 11 is 1.11. The molecule has 2 heterocycles. The molecule has 0 aliphatic carbocycles. The number of nitrogen functional groups attached to an aromatic ring is 1. The van der Waals surface area contributed by atoms with Gasteiger partial charge in [-0.3, -0.25) is 4.79 Å². The van der Waals surface area contributed by atoms with Crippen LogP contribution < -0.4 is 16.8 Å². The van der Waals surface area contributed by atoms with E-state index >= 15 is 0 Å². The number of nitriles is 1. The van der Waals surface area contributed by atoms with Crippen molar-refractivity contribution in [3.63, 3.8) is 0 Å². The number of ether oxygens (including phenoxy) is 1. The third-order valence-electron chi connectivity index (χ3n) is 3.11. The fourth-order valence-electron chi connectivity index (χ4n) is 2.06. The van der Waals surface area contributed by atoms with Gasteiger partial charge in [0.25, 0.3) is 5.91 Å². The highest BCUT2D eigenvalue weighted by Crippen LogP contribution is 2.34. The molecule has 0 aromatic carbocycles. The molecule has 7 nitrogen and oxygen atoms in total. The Labute approximate surface area is 121 Å². The van der Waals surface area contributed by atoms with Crippen LogP contribution in [0.3, 0.4) is 0 Å². The van der Waals surface area contributed by atoms with Gasteiger partial charge in [-0.25, -0.2) is 0 Å². The zero-order valence-electron chi connectivity index (χ0n) is 11.2. The minimum atomic E-state index is -0.620. The van der Waals surface area contributed by atoms with E-state index in [4.69, 9.17) is 21.5 Å². The number of thiophene rings is 1. The van der Waals surface area contributed by atoms with E-state index in [9.17, 15) is 4.79 Å². The Morgan fingerprint density at radius 2 is 2.45 bits per heavy atom. The number of nitrogens with zero attached hydrogens (tertiary/aromatic N) is 2. The largest absolute Gasteiger partial charge is 0.396 e. The van der Waals surface area contributed by atoms with E-state index in [-0.39, 0.29) is 22.2 Å². The van der Waals surface area contributed by atoms with Crippen molar-refractivity contribution in [3.05, 3.63) is 10.4 Å². The first-order chi connectivity index (χ1) is 9.52. The van der Waals surface area contributed by atoms with Gasteiger partial charge < -0.3 is 26.4 Å². The van der Waals surface area contributed by atoms with Gasteiger partial charge in [0, 0.05) is 19.6 Å². The van der Waals surface area contributed by atoms with Crippen molar-refractivity contribution in [1.29, 1.82) is 5.26 Å². The predicted molar refractivity (Wildman–Crippen MR) is 77.7 cm³/mol. The van der Waals surface area contributed by atoms with Crippen molar-refractivity contribution in [2.24, 2.45) is 5.73 Å². The van der Waals surface area contributed by atoms with E-state index in [2.05, 4.69) is 10.2 Å². The number of hydrogen-bond donors (Lipinski definition) is 3. The minimum Gasteiger partial charge on any atom is -0.396 e. The summed E-state index contributed by atoms with van der Waals surface area (Å²) in [6, 6.07) is 2.00. The summed E-state index contributed by atoms with van der Waals surface area (Å²) in [6.07, 6.45) is 0.0423. The molecule has 0 saturated carbocycles. The molecule has 1 saturated heterocycles. The van der Waals surface area contributed by atoms with Gasteiger partial charge in [0.15, 0.2) is 0 Å². The Kier molecular flexibility index (Phi) is 4.44. The second kappa shape index (κ2) is 6.09. The molecule has 1 aliphatic heterocycles. The number of amides is 1. The number of rotatable bonds is 4. The van der Waals surface area contributed by atoms with E-state index in [0.717, 1.165) is 24.4 Å². The summed E-state index contributed by atoms with van der Waals surface area (Å²) in [5.74, 6) is -0.620. The van der Waals surface area contributed by atoms with Crippen LogP contribution in [0.25, 0.3) is 0 Å². The summed E-state index contributed by atoms with van der Waals surface area (Å²) in [5, 5.41) is 12.8. The minimum absolute atomic E-state index is 0.0423. The lowest BCUT2D eigenvalue weighted by Gasteiger charge is -2.30. The summed E-state index contributed by atoms with van der Waals surface area (Å²) < 4.78 is 5.62. The molecule has 1 unspecified atom stereocenters. The Morgan fingerprint density at radius 1 is 1.70 bits per heavy atom. The quantitative estimate of drug-likeness (QED) is 0.722. The molecular formula is C12H17N5O2S. The Balaban J connectivity index is 2.08. The summed E-state index contributed by atoms with van der Waals surface area (Å²) in [6.45, 7) is 2.97. The van der Waals surface area contributed by atoms with Gasteiger partial charge >= 0.3 is 0 Å². The fraction of sp³-hybridized carbons (Fsp3) is 0.500. The molecule has 1 aromatic rings. The number of morpholine rings is 1. The molecule has 0 spiro atoms. The highest BCUT2D eigenvalue weighted by molar-refractivity contribution is 7.18. The van der Waals surface area contributed by atoms with Crippen LogP contribution >= 0.6 is 11.3 Å². The van der Waals surface area contributed by atoms with Crippen LogP contribution in [0.2, 0.25) is 0 Å². The lowest BCUT2D eigenvalue weighted by Crippen LogP contribution is -2.43. The lowest BCUT2D eigenvalue weighted by atomic mass is 10.2. The van der Waals surface area contributed by atoms with Crippen LogP contribution in [0.4, 0.5) is 10.7 Å². The topological polar surface area (TPSA) is 117 Å². The van der Waals surface area contributed by atoms with Gasteiger partial charge in [-0.2, -0.15) is 5.26 Å². The first-order valence-electron chi connectivity index (χ1n) is 6.19. The van der Waals surface area contributed by atoms with Crippen molar-refractivity contribution in [2.75, 3.05) is 44.3 Å². The molecule has 8 heteroatoms. The molecule has 5 N–H and O–H groups in total. The second-order valence-corrected chi connectivity index (χ2v) is 5.68. The fourth-order valence-corrected chi connectivity index (χ4v) is 2.99. The SMILES string of the molecule is CN1CCOC(CNc2sc(C(N)=O)c(N)c2C#N)C1. The molecule has 0 bridgehead atoms. The van der Waals surface area contributed by atoms with Gasteiger partial charge in [0.05, 0.1) is 18.4 Å². The summed E-state index contributed by atoms with van der Waals surface area (Å²) in [7, 11) is 2.03. The standard InChI is InChI=1S/C12H17N5O2S/c1-17-2-3-19-7(6-17)5-16-12-8(4-13)9(14)10(20-12)11(15)18/h7,16H,2-3,5-6,14H2,1H3,(H2,15,18). The van der Waals surface area contributed by atoms with Gasteiger partial charge in [0.2, 0.25) is 0 Å². The zero-order valence-corrected chi connectivity index (χ0v) is 12.0. The number of nitrogens with two attached hydrogens (primary N) is 2. The zero-order chi connectivity index (χ0) is 14.7. The highest BCUT2D eigenvalue weighted by atomic mass is 32.1. The number of anilines is 2. The second-order valence-electron chi connectivity index (χ2n) is 4.66.